The minimum atomic E-state index is -0.244. The third-order valence-corrected chi connectivity index (χ3v) is 2.87. The third kappa shape index (κ3) is 2.88. The molecule has 1 heterocycles. The maximum Gasteiger partial charge on any atom is 0.123 e. The van der Waals surface area contributed by atoms with Crippen LogP contribution in [0.4, 0.5) is 10.2 Å². The Morgan fingerprint density at radius 2 is 1.94 bits per heavy atom. The second-order valence-electron chi connectivity index (χ2n) is 4.87. The Morgan fingerprint density at radius 3 is 2.56 bits per heavy atom. The van der Waals surface area contributed by atoms with Crippen molar-refractivity contribution < 1.29 is 4.39 Å². The van der Waals surface area contributed by atoms with Crippen LogP contribution in [0.5, 0.6) is 0 Å². The second kappa shape index (κ2) is 5.21. The van der Waals surface area contributed by atoms with E-state index in [1.165, 1.54) is 12.1 Å². The molecular weight excluding hydrogens is 229 g/mol. The zero-order valence-electron chi connectivity index (χ0n) is 10.7. The summed E-state index contributed by atoms with van der Waals surface area (Å²) in [7, 11) is 0. The van der Waals surface area contributed by atoms with Gasteiger partial charge < -0.3 is 5.73 Å². The van der Waals surface area contributed by atoms with E-state index in [0.717, 1.165) is 24.2 Å². The standard InChI is InChI=1S/C14H18FN3/c1-10(2)7-8-18-14(16)9-13(17-18)11-3-5-12(15)6-4-11/h3-6,9-10H,7-8,16H2,1-2H3. The van der Waals surface area contributed by atoms with Crippen molar-refractivity contribution in [2.75, 3.05) is 5.73 Å². The van der Waals surface area contributed by atoms with E-state index in [1.807, 2.05) is 6.07 Å². The Hall–Kier alpha value is -1.84. The van der Waals surface area contributed by atoms with Gasteiger partial charge in [-0.05, 0) is 36.6 Å². The fourth-order valence-electron chi connectivity index (χ4n) is 1.75. The highest BCUT2D eigenvalue weighted by atomic mass is 19.1. The van der Waals surface area contributed by atoms with Gasteiger partial charge in [0.2, 0.25) is 0 Å². The number of anilines is 1. The summed E-state index contributed by atoms with van der Waals surface area (Å²) < 4.78 is 14.7. The largest absolute Gasteiger partial charge is 0.384 e. The van der Waals surface area contributed by atoms with Crippen LogP contribution < -0.4 is 5.73 Å². The van der Waals surface area contributed by atoms with Crippen LogP contribution in [0.25, 0.3) is 11.3 Å². The van der Waals surface area contributed by atoms with Crippen LogP contribution in [-0.4, -0.2) is 9.78 Å². The molecule has 0 aliphatic heterocycles. The summed E-state index contributed by atoms with van der Waals surface area (Å²) >= 11 is 0. The smallest absolute Gasteiger partial charge is 0.123 e. The summed E-state index contributed by atoms with van der Waals surface area (Å²) in [6.07, 6.45) is 1.04. The van der Waals surface area contributed by atoms with Gasteiger partial charge in [-0.3, -0.25) is 0 Å². The summed E-state index contributed by atoms with van der Waals surface area (Å²) in [4.78, 5) is 0. The Labute approximate surface area is 106 Å². The minimum absolute atomic E-state index is 0.244. The molecule has 0 bridgehead atoms. The lowest BCUT2D eigenvalue weighted by molar-refractivity contribution is 0.492. The predicted octanol–water partition coefficient (Wildman–Crippen LogP) is 3.32. The first-order valence-electron chi connectivity index (χ1n) is 6.15. The molecule has 0 aliphatic carbocycles. The highest BCUT2D eigenvalue weighted by Gasteiger charge is 2.07. The molecule has 1 aromatic carbocycles. The number of nitrogens with two attached hydrogens (primary N) is 1. The minimum Gasteiger partial charge on any atom is -0.384 e. The molecule has 4 heteroatoms. The number of aryl methyl sites for hydroxylation is 1. The topological polar surface area (TPSA) is 43.8 Å². The number of hydrogen-bond donors (Lipinski definition) is 1. The van der Waals surface area contributed by atoms with Gasteiger partial charge in [-0.1, -0.05) is 13.8 Å². The van der Waals surface area contributed by atoms with Gasteiger partial charge >= 0.3 is 0 Å². The van der Waals surface area contributed by atoms with E-state index in [2.05, 4.69) is 18.9 Å². The number of nitrogen functional groups attached to an aromatic ring is 1. The van der Waals surface area contributed by atoms with E-state index in [0.29, 0.717) is 11.7 Å². The van der Waals surface area contributed by atoms with Gasteiger partial charge in [-0.2, -0.15) is 5.10 Å². The highest BCUT2D eigenvalue weighted by molar-refractivity contribution is 5.62. The maximum absolute atomic E-state index is 12.8. The van der Waals surface area contributed by atoms with Crippen molar-refractivity contribution in [3.05, 3.63) is 36.1 Å². The van der Waals surface area contributed by atoms with E-state index in [4.69, 9.17) is 5.73 Å². The van der Waals surface area contributed by atoms with Crippen molar-refractivity contribution in [2.45, 2.75) is 26.8 Å². The van der Waals surface area contributed by atoms with Crippen molar-refractivity contribution in [1.82, 2.24) is 9.78 Å². The molecule has 0 spiro atoms. The quantitative estimate of drug-likeness (QED) is 0.900. The lowest BCUT2D eigenvalue weighted by Crippen LogP contribution is -2.06. The number of aromatic nitrogens is 2. The SMILES string of the molecule is CC(C)CCn1nc(-c2ccc(F)cc2)cc1N. The third-order valence-electron chi connectivity index (χ3n) is 2.87. The Bertz CT molecular complexity index is 514. The van der Waals surface area contributed by atoms with Crippen LogP contribution in [0.2, 0.25) is 0 Å². The molecule has 0 aliphatic rings. The lowest BCUT2D eigenvalue weighted by Gasteiger charge is -2.06. The molecule has 96 valence electrons. The van der Waals surface area contributed by atoms with Crippen LogP contribution in [-0.2, 0) is 6.54 Å². The molecule has 2 aromatic rings. The van der Waals surface area contributed by atoms with Crippen molar-refractivity contribution in [2.24, 2.45) is 5.92 Å². The molecule has 0 atom stereocenters. The van der Waals surface area contributed by atoms with Crippen LogP contribution in [0, 0.1) is 11.7 Å². The first-order valence-corrected chi connectivity index (χ1v) is 6.15. The van der Waals surface area contributed by atoms with Gasteiger partial charge in [0, 0.05) is 18.2 Å². The highest BCUT2D eigenvalue weighted by Crippen LogP contribution is 2.21. The van der Waals surface area contributed by atoms with Crippen LogP contribution in [0.15, 0.2) is 30.3 Å². The van der Waals surface area contributed by atoms with E-state index in [-0.39, 0.29) is 5.82 Å². The fourth-order valence-corrected chi connectivity index (χ4v) is 1.75. The number of rotatable bonds is 4. The molecule has 18 heavy (non-hydrogen) atoms. The van der Waals surface area contributed by atoms with Gasteiger partial charge in [0.05, 0.1) is 5.69 Å². The number of hydrogen-bond acceptors (Lipinski definition) is 2. The average molecular weight is 247 g/mol. The number of halogens is 1. The Morgan fingerprint density at radius 1 is 1.28 bits per heavy atom. The predicted molar refractivity (Wildman–Crippen MR) is 71.5 cm³/mol. The zero-order valence-corrected chi connectivity index (χ0v) is 10.7. The second-order valence-corrected chi connectivity index (χ2v) is 4.87. The zero-order chi connectivity index (χ0) is 13.1. The van der Waals surface area contributed by atoms with Crippen LogP contribution in [0.1, 0.15) is 20.3 Å². The molecule has 2 rings (SSSR count). The molecule has 0 amide bonds. The summed E-state index contributed by atoms with van der Waals surface area (Å²) in [5.41, 5.74) is 7.59. The van der Waals surface area contributed by atoms with Gasteiger partial charge in [0.15, 0.2) is 0 Å². The number of nitrogens with zero attached hydrogens (tertiary/aromatic N) is 2. The Kier molecular flexibility index (Phi) is 3.65. The van der Waals surface area contributed by atoms with Crippen molar-refractivity contribution in [3.63, 3.8) is 0 Å². The molecule has 0 saturated carbocycles. The van der Waals surface area contributed by atoms with Crippen molar-refractivity contribution in [1.29, 1.82) is 0 Å². The van der Waals surface area contributed by atoms with Crippen LogP contribution in [0.3, 0.4) is 0 Å². The maximum atomic E-state index is 12.8. The fraction of sp³-hybridized carbons (Fsp3) is 0.357. The van der Waals surface area contributed by atoms with Gasteiger partial charge in [0.25, 0.3) is 0 Å². The summed E-state index contributed by atoms with van der Waals surface area (Å²) in [6.45, 7) is 5.14. The van der Waals surface area contributed by atoms with E-state index in [9.17, 15) is 4.39 Å². The molecule has 0 saturated heterocycles. The molecule has 0 fully saturated rings. The molecule has 1 aromatic heterocycles. The van der Waals surface area contributed by atoms with Gasteiger partial charge in [0.1, 0.15) is 11.6 Å². The monoisotopic (exact) mass is 247 g/mol. The normalized spacial score (nSPS) is 11.1. The van der Waals surface area contributed by atoms with Crippen molar-refractivity contribution >= 4 is 5.82 Å². The molecule has 3 nitrogen and oxygen atoms in total. The molecule has 0 unspecified atom stereocenters. The molecule has 0 radical (unpaired) electrons. The summed E-state index contributed by atoms with van der Waals surface area (Å²) in [6, 6.07) is 8.11. The number of benzene rings is 1. The van der Waals surface area contributed by atoms with Crippen LogP contribution >= 0.6 is 0 Å². The van der Waals surface area contributed by atoms with Crippen molar-refractivity contribution in [3.8, 4) is 11.3 Å². The first kappa shape index (κ1) is 12.6. The van der Waals surface area contributed by atoms with Gasteiger partial charge in [-0.25, -0.2) is 9.07 Å². The van der Waals surface area contributed by atoms with E-state index < -0.39 is 0 Å². The molecule has 2 N–H and O–H groups in total. The van der Waals surface area contributed by atoms with Gasteiger partial charge in [-0.15, -0.1) is 0 Å². The van der Waals surface area contributed by atoms with E-state index in [1.54, 1.807) is 16.8 Å². The Balaban J connectivity index is 2.20. The lowest BCUT2D eigenvalue weighted by atomic mass is 10.1. The molecular formula is C14H18FN3. The summed E-state index contributed by atoms with van der Waals surface area (Å²) in [5, 5.41) is 4.45. The first-order chi connectivity index (χ1) is 8.56. The van der Waals surface area contributed by atoms with E-state index >= 15 is 0 Å². The summed E-state index contributed by atoms with van der Waals surface area (Å²) in [5.74, 6) is 1.02. The average Bonchev–Trinajstić information content (AvgIpc) is 2.69.